The van der Waals surface area contributed by atoms with Crippen molar-refractivity contribution in [3.63, 3.8) is 0 Å². The van der Waals surface area contributed by atoms with Gasteiger partial charge in [0.1, 0.15) is 12.4 Å². The fraction of sp³-hybridized carbons (Fsp3) is 0.438. The lowest BCUT2D eigenvalue weighted by Crippen LogP contribution is -2.12. The van der Waals surface area contributed by atoms with Crippen LogP contribution in [0.25, 0.3) is 0 Å². The van der Waals surface area contributed by atoms with E-state index in [4.69, 9.17) is 4.74 Å². The Morgan fingerprint density at radius 2 is 2.15 bits per heavy atom. The molecule has 0 aromatic carbocycles. The van der Waals surface area contributed by atoms with Crippen molar-refractivity contribution < 1.29 is 4.74 Å². The van der Waals surface area contributed by atoms with Gasteiger partial charge in [-0.3, -0.25) is 4.98 Å². The first-order valence-corrected chi connectivity index (χ1v) is 7.85. The standard InChI is InChI=1S/C16H22N2OS/c1-4-7-17-10-16-8-14(13(3)20-16)11-19-15-6-5-12(2)18-9-15/h5-6,8-9,17H,4,7,10-11H2,1-3H3. The summed E-state index contributed by atoms with van der Waals surface area (Å²) in [6, 6.07) is 6.17. The van der Waals surface area contributed by atoms with Crippen LogP contribution >= 0.6 is 11.3 Å². The van der Waals surface area contributed by atoms with Gasteiger partial charge < -0.3 is 10.1 Å². The van der Waals surface area contributed by atoms with Crippen molar-refractivity contribution in [2.24, 2.45) is 0 Å². The van der Waals surface area contributed by atoms with Crippen LogP contribution in [0.4, 0.5) is 0 Å². The molecule has 0 unspecified atom stereocenters. The van der Waals surface area contributed by atoms with E-state index < -0.39 is 0 Å². The highest BCUT2D eigenvalue weighted by molar-refractivity contribution is 7.12. The zero-order valence-corrected chi connectivity index (χ0v) is 13.2. The fourth-order valence-corrected chi connectivity index (χ4v) is 2.92. The quantitative estimate of drug-likeness (QED) is 0.787. The minimum Gasteiger partial charge on any atom is -0.487 e. The topological polar surface area (TPSA) is 34.1 Å². The molecule has 0 aliphatic heterocycles. The van der Waals surface area contributed by atoms with Crippen molar-refractivity contribution >= 4 is 11.3 Å². The Bertz CT molecular complexity index is 534. The SMILES string of the molecule is CCCNCc1cc(COc2ccc(C)nc2)c(C)s1. The summed E-state index contributed by atoms with van der Waals surface area (Å²) < 4.78 is 5.79. The summed E-state index contributed by atoms with van der Waals surface area (Å²) in [5.41, 5.74) is 2.28. The van der Waals surface area contributed by atoms with Crippen molar-refractivity contribution in [3.8, 4) is 5.75 Å². The van der Waals surface area contributed by atoms with E-state index in [1.807, 2.05) is 30.4 Å². The lowest BCUT2D eigenvalue weighted by Gasteiger charge is -2.05. The molecule has 1 N–H and O–H groups in total. The van der Waals surface area contributed by atoms with Gasteiger partial charge in [-0.05, 0) is 45.0 Å². The Morgan fingerprint density at radius 1 is 1.30 bits per heavy atom. The predicted octanol–water partition coefficient (Wildman–Crippen LogP) is 3.84. The number of nitrogens with zero attached hydrogens (tertiary/aromatic N) is 1. The molecule has 0 aliphatic rings. The molecule has 108 valence electrons. The molecule has 0 radical (unpaired) electrons. The molecule has 4 heteroatoms. The van der Waals surface area contributed by atoms with Crippen LogP contribution < -0.4 is 10.1 Å². The summed E-state index contributed by atoms with van der Waals surface area (Å²) in [6.45, 7) is 8.94. The Labute approximate surface area is 125 Å². The van der Waals surface area contributed by atoms with Crippen molar-refractivity contribution in [2.45, 2.75) is 40.3 Å². The van der Waals surface area contributed by atoms with E-state index in [0.29, 0.717) is 6.61 Å². The van der Waals surface area contributed by atoms with Crippen LogP contribution in [0.2, 0.25) is 0 Å². The number of aromatic nitrogens is 1. The molecule has 0 saturated carbocycles. The first-order chi connectivity index (χ1) is 9.69. The summed E-state index contributed by atoms with van der Waals surface area (Å²) in [7, 11) is 0. The smallest absolute Gasteiger partial charge is 0.138 e. The van der Waals surface area contributed by atoms with Crippen LogP contribution in [0.1, 0.15) is 34.4 Å². The maximum atomic E-state index is 5.79. The zero-order valence-electron chi connectivity index (χ0n) is 12.4. The minimum absolute atomic E-state index is 0.612. The molecule has 0 spiro atoms. The summed E-state index contributed by atoms with van der Waals surface area (Å²) >= 11 is 1.84. The van der Waals surface area contributed by atoms with Crippen LogP contribution in [-0.4, -0.2) is 11.5 Å². The van der Waals surface area contributed by atoms with Gasteiger partial charge in [0.15, 0.2) is 0 Å². The highest BCUT2D eigenvalue weighted by atomic mass is 32.1. The van der Waals surface area contributed by atoms with E-state index >= 15 is 0 Å². The Hall–Kier alpha value is -1.39. The molecule has 0 atom stereocenters. The number of rotatable bonds is 7. The monoisotopic (exact) mass is 290 g/mol. The molecule has 0 saturated heterocycles. The molecule has 3 nitrogen and oxygen atoms in total. The van der Waals surface area contributed by atoms with Crippen LogP contribution in [0.3, 0.4) is 0 Å². The molecule has 0 bridgehead atoms. The number of pyridine rings is 1. The Morgan fingerprint density at radius 3 is 2.85 bits per heavy atom. The van der Waals surface area contributed by atoms with Gasteiger partial charge in [-0.2, -0.15) is 0 Å². The molecule has 2 heterocycles. The number of ether oxygens (including phenoxy) is 1. The molecule has 0 aliphatic carbocycles. The normalized spacial score (nSPS) is 10.8. The van der Waals surface area contributed by atoms with Gasteiger partial charge in [0.2, 0.25) is 0 Å². The van der Waals surface area contributed by atoms with Gasteiger partial charge in [0, 0.05) is 27.6 Å². The first kappa shape index (κ1) is 15.0. The summed E-state index contributed by atoms with van der Waals surface area (Å²) in [4.78, 5) is 6.94. The van der Waals surface area contributed by atoms with Gasteiger partial charge in [-0.1, -0.05) is 6.92 Å². The molecular weight excluding hydrogens is 268 g/mol. The Balaban J connectivity index is 1.90. The molecule has 2 aromatic rings. The molecule has 2 rings (SSSR count). The van der Waals surface area contributed by atoms with Gasteiger partial charge in [0.25, 0.3) is 0 Å². The van der Waals surface area contributed by atoms with Gasteiger partial charge in [-0.25, -0.2) is 0 Å². The van der Waals surface area contributed by atoms with E-state index in [2.05, 4.69) is 30.2 Å². The van der Waals surface area contributed by atoms with Gasteiger partial charge in [-0.15, -0.1) is 11.3 Å². The van der Waals surface area contributed by atoms with Crippen LogP contribution in [-0.2, 0) is 13.2 Å². The second-order valence-corrected chi connectivity index (χ2v) is 6.24. The third kappa shape index (κ3) is 4.32. The number of nitrogens with one attached hydrogen (secondary N) is 1. The minimum atomic E-state index is 0.612. The maximum Gasteiger partial charge on any atom is 0.138 e. The maximum absolute atomic E-state index is 5.79. The third-order valence-corrected chi connectivity index (χ3v) is 4.17. The third-order valence-electron chi connectivity index (χ3n) is 3.08. The molecule has 20 heavy (non-hydrogen) atoms. The summed E-state index contributed by atoms with van der Waals surface area (Å²) in [5.74, 6) is 0.826. The number of hydrogen-bond donors (Lipinski definition) is 1. The van der Waals surface area contributed by atoms with E-state index in [-0.39, 0.29) is 0 Å². The molecular formula is C16H22N2OS. The molecule has 0 amide bonds. The van der Waals surface area contributed by atoms with Crippen LogP contribution in [0.15, 0.2) is 24.4 Å². The van der Waals surface area contributed by atoms with Crippen molar-refractivity contribution in [1.29, 1.82) is 0 Å². The van der Waals surface area contributed by atoms with Crippen molar-refractivity contribution in [2.75, 3.05) is 6.54 Å². The largest absolute Gasteiger partial charge is 0.487 e. The molecule has 0 fully saturated rings. The van der Waals surface area contributed by atoms with Gasteiger partial charge in [0.05, 0.1) is 6.20 Å². The molecule has 2 aromatic heterocycles. The highest BCUT2D eigenvalue weighted by Crippen LogP contribution is 2.23. The fourth-order valence-electron chi connectivity index (χ4n) is 1.91. The summed E-state index contributed by atoms with van der Waals surface area (Å²) in [6.07, 6.45) is 2.95. The van der Waals surface area contributed by atoms with E-state index in [0.717, 1.165) is 24.5 Å². The van der Waals surface area contributed by atoms with Crippen molar-refractivity contribution in [3.05, 3.63) is 45.4 Å². The second-order valence-electron chi connectivity index (χ2n) is 4.89. The number of hydrogen-bond acceptors (Lipinski definition) is 4. The van der Waals surface area contributed by atoms with Crippen LogP contribution in [0.5, 0.6) is 5.75 Å². The van der Waals surface area contributed by atoms with Crippen LogP contribution in [0, 0.1) is 13.8 Å². The Kier molecular flexibility index (Phi) is 5.56. The number of aryl methyl sites for hydroxylation is 2. The average molecular weight is 290 g/mol. The predicted molar refractivity (Wildman–Crippen MR) is 84.4 cm³/mol. The van der Waals surface area contributed by atoms with Gasteiger partial charge >= 0.3 is 0 Å². The zero-order chi connectivity index (χ0) is 14.4. The van der Waals surface area contributed by atoms with E-state index in [1.54, 1.807) is 6.20 Å². The van der Waals surface area contributed by atoms with Crippen molar-refractivity contribution in [1.82, 2.24) is 10.3 Å². The van der Waals surface area contributed by atoms with E-state index in [1.165, 1.54) is 21.7 Å². The average Bonchev–Trinajstić information content (AvgIpc) is 2.79. The second kappa shape index (κ2) is 7.41. The summed E-state index contributed by atoms with van der Waals surface area (Å²) in [5, 5.41) is 3.43. The lowest BCUT2D eigenvalue weighted by atomic mass is 10.2. The first-order valence-electron chi connectivity index (χ1n) is 7.03. The lowest BCUT2D eigenvalue weighted by molar-refractivity contribution is 0.304. The van der Waals surface area contributed by atoms with E-state index in [9.17, 15) is 0 Å². The highest BCUT2D eigenvalue weighted by Gasteiger charge is 2.06. The number of thiophene rings is 1.